The van der Waals surface area contributed by atoms with Crippen molar-refractivity contribution in [1.29, 1.82) is 0 Å². The van der Waals surface area contributed by atoms with Crippen molar-refractivity contribution in [3.05, 3.63) is 0 Å². The first-order valence-corrected chi connectivity index (χ1v) is 12.6. The van der Waals surface area contributed by atoms with E-state index in [4.69, 9.17) is 22.3 Å². The van der Waals surface area contributed by atoms with Crippen LogP contribution in [-0.2, 0) is 24.0 Å². The van der Waals surface area contributed by atoms with Crippen LogP contribution >= 0.6 is 0 Å². The fraction of sp³-hybridized carbons (Fsp3) is 0.783. The van der Waals surface area contributed by atoms with E-state index in [0.29, 0.717) is 58.2 Å². The number of carbonyl (C=O) groups is 5. The predicted octanol–water partition coefficient (Wildman–Crippen LogP) is -1.86. The van der Waals surface area contributed by atoms with E-state index in [0.717, 1.165) is 6.42 Å². The van der Waals surface area contributed by atoms with Crippen molar-refractivity contribution >= 4 is 29.6 Å². The average Bonchev–Trinajstić information content (AvgIpc) is 3.32. The third-order valence-corrected chi connectivity index (χ3v) is 6.18. The third kappa shape index (κ3) is 10.1. The molecule has 4 amide bonds. The molecule has 10 N–H and O–H groups in total. The Bertz CT molecular complexity index is 765. The van der Waals surface area contributed by atoms with Gasteiger partial charge in [0.05, 0.1) is 6.04 Å². The standard InChI is InChI=1S/C23H43N7O6/c1-14(27-19(31)16(26)8-3-5-11-24)22(34)30-13-7-10-18(30)21(33)29-17(9-4-6-12-25)20(32)28-15(2)23(35)36/h14-18H,3-13,24-26H2,1-2H3,(H,27,31)(H,28,32)(H,29,33)(H,35,36)/t14-,15-,16-,17-,18-/m0/s1. The monoisotopic (exact) mass is 513 g/mol. The minimum atomic E-state index is -1.20. The number of likely N-dealkylation sites (tertiary alicyclic amines) is 1. The lowest BCUT2D eigenvalue weighted by atomic mass is 10.1. The predicted molar refractivity (Wildman–Crippen MR) is 133 cm³/mol. The van der Waals surface area contributed by atoms with Gasteiger partial charge in [-0.15, -0.1) is 0 Å². The van der Waals surface area contributed by atoms with E-state index in [2.05, 4.69) is 16.0 Å². The van der Waals surface area contributed by atoms with Crippen LogP contribution in [0, 0.1) is 0 Å². The van der Waals surface area contributed by atoms with Crippen molar-refractivity contribution < 1.29 is 29.1 Å². The van der Waals surface area contributed by atoms with Gasteiger partial charge in [0.25, 0.3) is 0 Å². The summed E-state index contributed by atoms with van der Waals surface area (Å²) in [7, 11) is 0. The second-order valence-corrected chi connectivity index (χ2v) is 9.23. The van der Waals surface area contributed by atoms with Crippen LogP contribution < -0.4 is 33.2 Å². The molecule has 36 heavy (non-hydrogen) atoms. The number of carboxylic acids is 1. The number of nitrogens with two attached hydrogens (primary N) is 3. The van der Waals surface area contributed by atoms with Crippen LogP contribution in [0.4, 0.5) is 0 Å². The molecule has 0 radical (unpaired) electrons. The van der Waals surface area contributed by atoms with E-state index in [9.17, 15) is 24.0 Å². The first-order chi connectivity index (χ1) is 17.0. The average molecular weight is 514 g/mol. The highest BCUT2D eigenvalue weighted by atomic mass is 16.4. The summed E-state index contributed by atoms with van der Waals surface area (Å²) in [5, 5.41) is 16.7. The Balaban J connectivity index is 2.80. The number of hydrogen-bond donors (Lipinski definition) is 7. The summed E-state index contributed by atoms with van der Waals surface area (Å²) in [5.41, 5.74) is 16.9. The van der Waals surface area contributed by atoms with Crippen LogP contribution in [0.2, 0.25) is 0 Å². The number of aliphatic carboxylic acids is 1. The molecule has 1 saturated heterocycles. The van der Waals surface area contributed by atoms with Gasteiger partial charge in [0.1, 0.15) is 24.2 Å². The maximum atomic E-state index is 13.1. The van der Waals surface area contributed by atoms with Gasteiger partial charge >= 0.3 is 5.97 Å². The molecule has 1 aliphatic rings. The topological polar surface area (TPSA) is 223 Å². The van der Waals surface area contributed by atoms with E-state index in [1.165, 1.54) is 18.7 Å². The molecule has 1 rings (SSSR count). The lowest BCUT2D eigenvalue weighted by Gasteiger charge is -2.29. The van der Waals surface area contributed by atoms with E-state index in [1.54, 1.807) is 0 Å². The molecule has 206 valence electrons. The van der Waals surface area contributed by atoms with Crippen LogP contribution in [0.25, 0.3) is 0 Å². The van der Waals surface area contributed by atoms with Gasteiger partial charge < -0.3 is 43.2 Å². The first-order valence-electron chi connectivity index (χ1n) is 12.6. The summed E-state index contributed by atoms with van der Waals surface area (Å²) in [6.07, 6.45) is 4.35. The number of nitrogens with one attached hydrogen (secondary N) is 3. The molecule has 0 aromatic rings. The zero-order valence-corrected chi connectivity index (χ0v) is 21.3. The van der Waals surface area contributed by atoms with E-state index in [1.807, 2.05) is 0 Å². The molecule has 0 saturated carbocycles. The van der Waals surface area contributed by atoms with Gasteiger partial charge in [0, 0.05) is 6.54 Å². The third-order valence-electron chi connectivity index (χ3n) is 6.18. The Morgan fingerprint density at radius 3 is 2.06 bits per heavy atom. The number of carboxylic acid groups (broad SMARTS) is 1. The number of carbonyl (C=O) groups excluding carboxylic acids is 4. The largest absolute Gasteiger partial charge is 0.480 e. The first kappa shape index (κ1) is 31.3. The molecule has 0 unspecified atom stereocenters. The van der Waals surface area contributed by atoms with Gasteiger partial charge in [-0.2, -0.15) is 0 Å². The highest BCUT2D eigenvalue weighted by Gasteiger charge is 2.38. The number of nitrogens with zero attached hydrogens (tertiary/aromatic N) is 1. The van der Waals surface area contributed by atoms with Gasteiger partial charge in [-0.1, -0.05) is 6.42 Å². The van der Waals surface area contributed by atoms with Crippen LogP contribution in [0.5, 0.6) is 0 Å². The van der Waals surface area contributed by atoms with Crippen LogP contribution in [0.1, 0.15) is 65.2 Å². The Kier molecular flexibility index (Phi) is 14.0. The van der Waals surface area contributed by atoms with E-state index in [-0.39, 0.29) is 6.42 Å². The van der Waals surface area contributed by atoms with Gasteiger partial charge in [0.2, 0.25) is 23.6 Å². The summed E-state index contributed by atoms with van der Waals surface area (Å²) < 4.78 is 0. The highest BCUT2D eigenvalue weighted by molar-refractivity contribution is 5.95. The van der Waals surface area contributed by atoms with E-state index >= 15 is 0 Å². The van der Waals surface area contributed by atoms with Crippen molar-refractivity contribution in [2.24, 2.45) is 17.2 Å². The van der Waals surface area contributed by atoms with Crippen molar-refractivity contribution in [1.82, 2.24) is 20.9 Å². The molecule has 1 aliphatic heterocycles. The van der Waals surface area contributed by atoms with Crippen LogP contribution in [0.3, 0.4) is 0 Å². The molecule has 5 atom stereocenters. The Morgan fingerprint density at radius 1 is 0.889 bits per heavy atom. The summed E-state index contributed by atoms with van der Waals surface area (Å²) in [6, 6.07) is -4.54. The van der Waals surface area contributed by atoms with Crippen molar-refractivity contribution in [3.8, 4) is 0 Å². The molecule has 1 fully saturated rings. The number of unbranched alkanes of at least 4 members (excludes halogenated alkanes) is 2. The molecular formula is C23H43N7O6. The van der Waals surface area contributed by atoms with Crippen molar-refractivity contribution in [2.45, 2.75) is 95.4 Å². The van der Waals surface area contributed by atoms with Crippen molar-refractivity contribution in [3.63, 3.8) is 0 Å². The lowest BCUT2D eigenvalue weighted by molar-refractivity contribution is -0.143. The minimum absolute atomic E-state index is 0.274. The Hall–Kier alpha value is -2.77. The van der Waals surface area contributed by atoms with Gasteiger partial charge in [-0.25, -0.2) is 0 Å². The molecule has 13 heteroatoms. The van der Waals surface area contributed by atoms with Gasteiger partial charge in [-0.3, -0.25) is 24.0 Å². The minimum Gasteiger partial charge on any atom is -0.480 e. The molecule has 13 nitrogen and oxygen atoms in total. The molecule has 1 heterocycles. The maximum absolute atomic E-state index is 13.1. The fourth-order valence-electron chi connectivity index (χ4n) is 3.98. The molecule has 0 aliphatic carbocycles. The molecule has 0 aromatic heterocycles. The molecule has 0 spiro atoms. The normalized spacial score (nSPS) is 18.6. The zero-order chi connectivity index (χ0) is 27.3. The summed E-state index contributed by atoms with van der Waals surface area (Å²) in [5.74, 6) is -3.18. The fourth-order valence-corrected chi connectivity index (χ4v) is 3.98. The summed E-state index contributed by atoms with van der Waals surface area (Å²) in [4.78, 5) is 63.6. The molecule has 0 aromatic carbocycles. The summed E-state index contributed by atoms with van der Waals surface area (Å²) in [6.45, 7) is 4.13. The SMILES string of the molecule is C[C@H](NC(=O)[C@H](CCCCN)NC(=O)[C@@H]1CCCN1C(=O)[C@H](C)NC(=O)[C@@H](N)CCCCN)C(=O)O. The second kappa shape index (κ2) is 16.1. The molecule has 0 bridgehead atoms. The van der Waals surface area contributed by atoms with Gasteiger partial charge in [-0.05, 0) is 71.9 Å². The number of amides is 4. The van der Waals surface area contributed by atoms with Crippen molar-refractivity contribution in [2.75, 3.05) is 19.6 Å². The number of hydrogen-bond acceptors (Lipinski definition) is 8. The van der Waals surface area contributed by atoms with Crippen LogP contribution in [0.15, 0.2) is 0 Å². The maximum Gasteiger partial charge on any atom is 0.325 e. The quantitative estimate of drug-likeness (QED) is 0.115. The molecular weight excluding hydrogens is 470 g/mol. The lowest BCUT2D eigenvalue weighted by Crippen LogP contribution is -2.57. The van der Waals surface area contributed by atoms with E-state index < -0.39 is 59.8 Å². The summed E-state index contributed by atoms with van der Waals surface area (Å²) >= 11 is 0. The Morgan fingerprint density at radius 2 is 1.47 bits per heavy atom. The smallest absolute Gasteiger partial charge is 0.325 e. The second-order valence-electron chi connectivity index (χ2n) is 9.23. The highest BCUT2D eigenvalue weighted by Crippen LogP contribution is 2.19. The van der Waals surface area contributed by atoms with Crippen LogP contribution in [-0.4, -0.2) is 89.4 Å². The number of rotatable bonds is 16. The zero-order valence-electron chi connectivity index (χ0n) is 21.3. The Labute approximate surface area is 212 Å². The van der Waals surface area contributed by atoms with Gasteiger partial charge in [0.15, 0.2) is 0 Å².